The number of rotatable bonds is 9. The number of halogens is 4. The second-order valence-electron chi connectivity index (χ2n) is 5.99. The van der Waals surface area contributed by atoms with Crippen molar-refractivity contribution in [1.82, 2.24) is 5.32 Å². The summed E-state index contributed by atoms with van der Waals surface area (Å²) in [6.45, 7) is -0.0227. The number of methoxy groups -OCH3 is 1. The molecule has 0 spiro atoms. The molecule has 0 aliphatic carbocycles. The van der Waals surface area contributed by atoms with Crippen LogP contribution in [0, 0.1) is 0 Å². The Kier molecular flexibility index (Phi) is 8.24. The highest BCUT2D eigenvalue weighted by Crippen LogP contribution is 2.37. The minimum Gasteiger partial charge on any atom is -0.469 e. The summed E-state index contributed by atoms with van der Waals surface area (Å²) >= 11 is 6.73. The molecule has 0 saturated heterocycles. The standard InChI is InChI=1S/C19H18ClF3N2O4S/c1-29-15(27)7-8-24-18(28)17(14-6-3-9-30-14)25-12-5-2-4-11(19(21,22)23)16(12)13(26)10-20/h2-6,9,17,25H,7-8,10H2,1H3,(H,24,28). The predicted octanol–water partition coefficient (Wildman–Crippen LogP) is 4.02. The molecule has 11 heteroatoms. The third-order valence-corrected chi connectivity index (χ3v) is 5.20. The molecule has 6 nitrogen and oxygen atoms in total. The first-order chi connectivity index (χ1) is 14.2. The van der Waals surface area contributed by atoms with Crippen molar-refractivity contribution >= 4 is 46.3 Å². The Morgan fingerprint density at radius 2 is 1.93 bits per heavy atom. The van der Waals surface area contributed by atoms with Crippen LogP contribution in [0.1, 0.15) is 33.3 Å². The van der Waals surface area contributed by atoms with E-state index in [2.05, 4.69) is 15.4 Å². The summed E-state index contributed by atoms with van der Waals surface area (Å²) < 4.78 is 44.8. The van der Waals surface area contributed by atoms with Crippen LogP contribution in [0.2, 0.25) is 0 Å². The first-order valence-corrected chi connectivity index (χ1v) is 10.0. The average Bonchev–Trinajstić information content (AvgIpc) is 3.24. The number of carbonyl (C=O) groups is 3. The van der Waals surface area contributed by atoms with Crippen LogP contribution >= 0.6 is 22.9 Å². The van der Waals surface area contributed by atoms with Gasteiger partial charge in [-0.25, -0.2) is 0 Å². The molecule has 1 atom stereocenters. The van der Waals surface area contributed by atoms with Crippen molar-refractivity contribution in [3.8, 4) is 0 Å². The molecule has 1 aromatic heterocycles. The van der Waals surface area contributed by atoms with E-state index in [1.165, 1.54) is 24.5 Å². The van der Waals surface area contributed by atoms with Crippen molar-refractivity contribution in [2.45, 2.75) is 18.6 Å². The molecule has 0 bridgehead atoms. The third kappa shape index (κ3) is 5.96. The summed E-state index contributed by atoms with van der Waals surface area (Å²) in [5.41, 5.74) is -1.95. The van der Waals surface area contributed by atoms with Crippen molar-refractivity contribution in [2.75, 3.05) is 24.9 Å². The van der Waals surface area contributed by atoms with Gasteiger partial charge in [0.05, 0.1) is 30.5 Å². The molecule has 2 N–H and O–H groups in total. The molecular weight excluding hydrogens is 445 g/mol. The van der Waals surface area contributed by atoms with Crippen molar-refractivity contribution in [3.63, 3.8) is 0 Å². The zero-order chi connectivity index (χ0) is 22.3. The Balaban J connectivity index is 2.37. The van der Waals surface area contributed by atoms with Crippen molar-refractivity contribution in [2.24, 2.45) is 0 Å². The topological polar surface area (TPSA) is 84.5 Å². The molecule has 0 aliphatic heterocycles. The van der Waals surface area contributed by atoms with E-state index in [-0.39, 0.29) is 18.7 Å². The summed E-state index contributed by atoms with van der Waals surface area (Å²) in [5.74, 6) is -2.69. The Labute approximate surface area is 179 Å². The van der Waals surface area contributed by atoms with Gasteiger partial charge in [-0.15, -0.1) is 22.9 Å². The molecule has 1 heterocycles. The van der Waals surface area contributed by atoms with Gasteiger partial charge in [0.2, 0.25) is 5.91 Å². The largest absolute Gasteiger partial charge is 0.469 e. The van der Waals surface area contributed by atoms with E-state index < -0.39 is 46.9 Å². The lowest BCUT2D eigenvalue weighted by Crippen LogP contribution is -2.35. The van der Waals surface area contributed by atoms with Gasteiger partial charge in [-0.05, 0) is 23.6 Å². The molecule has 0 aliphatic rings. The number of alkyl halides is 4. The smallest absolute Gasteiger partial charge is 0.417 e. The lowest BCUT2D eigenvalue weighted by Gasteiger charge is -2.22. The van der Waals surface area contributed by atoms with Gasteiger partial charge >= 0.3 is 12.1 Å². The minimum absolute atomic E-state index is 0.0227. The maximum atomic E-state index is 13.4. The zero-order valence-corrected chi connectivity index (χ0v) is 17.3. The molecule has 0 fully saturated rings. The lowest BCUT2D eigenvalue weighted by molar-refractivity contribution is -0.140. The number of carbonyl (C=O) groups excluding carboxylic acids is 3. The number of anilines is 1. The van der Waals surface area contributed by atoms with Crippen LogP contribution in [-0.4, -0.2) is 37.2 Å². The summed E-state index contributed by atoms with van der Waals surface area (Å²) in [7, 11) is 1.21. The fourth-order valence-electron chi connectivity index (χ4n) is 2.64. The summed E-state index contributed by atoms with van der Waals surface area (Å²) in [4.78, 5) is 36.6. The lowest BCUT2D eigenvalue weighted by atomic mass is 10.0. The van der Waals surface area contributed by atoms with Gasteiger partial charge in [0.1, 0.15) is 6.04 Å². The highest BCUT2D eigenvalue weighted by Gasteiger charge is 2.37. The Morgan fingerprint density at radius 3 is 2.50 bits per heavy atom. The molecule has 1 aromatic carbocycles. The Bertz CT molecular complexity index is 904. The van der Waals surface area contributed by atoms with Crippen LogP contribution in [0.25, 0.3) is 0 Å². The number of nitrogens with one attached hydrogen (secondary N) is 2. The number of ketones is 1. The van der Waals surface area contributed by atoms with E-state index in [1.54, 1.807) is 17.5 Å². The van der Waals surface area contributed by atoms with Crippen LogP contribution in [0.4, 0.5) is 18.9 Å². The van der Waals surface area contributed by atoms with Gasteiger partial charge < -0.3 is 15.4 Å². The maximum Gasteiger partial charge on any atom is 0.417 e. The molecule has 0 saturated carbocycles. The number of Topliss-reactive ketones (excluding diaryl/α,β-unsaturated/α-hetero) is 1. The third-order valence-electron chi connectivity index (χ3n) is 4.02. The second-order valence-corrected chi connectivity index (χ2v) is 7.24. The first-order valence-electron chi connectivity index (χ1n) is 8.62. The Morgan fingerprint density at radius 1 is 1.20 bits per heavy atom. The van der Waals surface area contributed by atoms with E-state index >= 15 is 0 Å². The normalized spacial score (nSPS) is 12.2. The van der Waals surface area contributed by atoms with Crippen LogP contribution in [0.5, 0.6) is 0 Å². The highest BCUT2D eigenvalue weighted by atomic mass is 35.5. The van der Waals surface area contributed by atoms with Crippen molar-refractivity contribution in [1.29, 1.82) is 0 Å². The number of hydrogen-bond donors (Lipinski definition) is 2. The average molecular weight is 463 g/mol. The van der Waals surface area contributed by atoms with E-state index in [4.69, 9.17) is 11.6 Å². The van der Waals surface area contributed by atoms with Gasteiger partial charge in [-0.3, -0.25) is 14.4 Å². The van der Waals surface area contributed by atoms with E-state index in [1.807, 2.05) is 0 Å². The van der Waals surface area contributed by atoms with E-state index in [0.717, 1.165) is 12.1 Å². The zero-order valence-electron chi connectivity index (χ0n) is 15.7. The fraction of sp³-hybridized carbons (Fsp3) is 0.316. The summed E-state index contributed by atoms with van der Waals surface area (Å²) in [6, 6.07) is 5.40. The number of hydrogen-bond acceptors (Lipinski definition) is 6. The molecule has 1 unspecified atom stereocenters. The van der Waals surface area contributed by atoms with Crippen LogP contribution in [-0.2, 0) is 20.5 Å². The van der Waals surface area contributed by atoms with Gasteiger partial charge in [-0.2, -0.15) is 13.2 Å². The van der Waals surface area contributed by atoms with Crippen molar-refractivity contribution in [3.05, 3.63) is 51.7 Å². The second kappa shape index (κ2) is 10.4. The van der Waals surface area contributed by atoms with E-state index in [9.17, 15) is 27.6 Å². The molecule has 30 heavy (non-hydrogen) atoms. The van der Waals surface area contributed by atoms with Gasteiger partial charge in [0.15, 0.2) is 5.78 Å². The Hall–Kier alpha value is -2.59. The van der Waals surface area contributed by atoms with Crippen LogP contribution in [0.15, 0.2) is 35.7 Å². The quantitative estimate of drug-likeness (QED) is 0.334. The number of ether oxygens (including phenoxy) is 1. The predicted molar refractivity (Wildman–Crippen MR) is 107 cm³/mol. The van der Waals surface area contributed by atoms with Crippen molar-refractivity contribution < 1.29 is 32.3 Å². The number of amides is 1. The van der Waals surface area contributed by atoms with Gasteiger partial charge in [-0.1, -0.05) is 12.1 Å². The fourth-order valence-corrected chi connectivity index (χ4v) is 3.55. The van der Waals surface area contributed by atoms with Crippen LogP contribution < -0.4 is 10.6 Å². The maximum absolute atomic E-state index is 13.4. The summed E-state index contributed by atoms with van der Waals surface area (Å²) in [6.07, 6.45) is -4.85. The highest BCUT2D eigenvalue weighted by molar-refractivity contribution is 7.10. The van der Waals surface area contributed by atoms with Gasteiger partial charge in [0.25, 0.3) is 0 Å². The number of benzene rings is 1. The van der Waals surface area contributed by atoms with E-state index in [0.29, 0.717) is 4.88 Å². The van der Waals surface area contributed by atoms with Crippen LogP contribution in [0.3, 0.4) is 0 Å². The monoisotopic (exact) mass is 462 g/mol. The molecule has 2 rings (SSSR count). The first kappa shape index (κ1) is 23.7. The molecular formula is C19H18ClF3N2O4S. The number of thiophene rings is 1. The summed E-state index contributed by atoms with van der Waals surface area (Å²) in [5, 5.41) is 6.96. The SMILES string of the molecule is COC(=O)CCNC(=O)C(Nc1cccc(C(F)(F)F)c1C(=O)CCl)c1cccs1. The molecule has 1 amide bonds. The number of esters is 1. The molecule has 162 valence electrons. The minimum atomic E-state index is -4.78. The van der Waals surface area contributed by atoms with Gasteiger partial charge in [0, 0.05) is 17.1 Å². The molecule has 2 aromatic rings. The molecule has 0 radical (unpaired) electrons.